The molecule has 4 heteroatoms. The van der Waals surface area contributed by atoms with Crippen LogP contribution < -0.4 is 5.32 Å². The van der Waals surface area contributed by atoms with Crippen molar-refractivity contribution in [1.29, 1.82) is 0 Å². The quantitative estimate of drug-likeness (QED) is 0.445. The third-order valence-corrected chi connectivity index (χ3v) is 3.72. The van der Waals surface area contributed by atoms with Crippen molar-refractivity contribution in [3.05, 3.63) is 33.4 Å². The highest BCUT2D eigenvalue weighted by Crippen LogP contribution is 2.11. The summed E-state index contributed by atoms with van der Waals surface area (Å²) in [6, 6.07) is 7.63. The van der Waals surface area contributed by atoms with Gasteiger partial charge in [-0.1, -0.05) is 34.5 Å². The first-order chi connectivity index (χ1) is 7.75. The van der Waals surface area contributed by atoms with Crippen LogP contribution in [0.5, 0.6) is 0 Å². The number of carbonyl (C=O) groups is 1. The monoisotopic (exact) mass is 395 g/mol. The smallest absolute Gasteiger partial charge is 0.252 e. The van der Waals surface area contributed by atoms with Gasteiger partial charge in [0.15, 0.2) is 0 Å². The van der Waals surface area contributed by atoms with Gasteiger partial charge in [0, 0.05) is 15.4 Å². The summed E-state index contributed by atoms with van der Waals surface area (Å²) in [5, 5.41) is 3.98. The van der Waals surface area contributed by atoms with Gasteiger partial charge in [-0.15, -0.1) is 0 Å². The molecule has 16 heavy (non-hydrogen) atoms. The fraction of sp³-hybridized carbons (Fsp3) is 0.417. The molecule has 0 saturated heterocycles. The maximum atomic E-state index is 11.8. The van der Waals surface area contributed by atoms with Crippen LogP contribution in [0, 0.1) is 3.57 Å². The first-order valence-corrected chi connectivity index (χ1v) is 7.54. The van der Waals surface area contributed by atoms with Crippen molar-refractivity contribution in [3.8, 4) is 0 Å². The molecule has 2 nitrogen and oxygen atoms in total. The summed E-state index contributed by atoms with van der Waals surface area (Å²) >= 11 is 5.57. The average Bonchev–Trinajstić information content (AvgIpc) is 2.29. The number of halogens is 2. The van der Waals surface area contributed by atoms with E-state index in [9.17, 15) is 4.79 Å². The van der Waals surface area contributed by atoms with E-state index in [0.29, 0.717) is 0 Å². The van der Waals surface area contributed by atoms with Crippen LogP contribution in [0.3, 0.4) is 0 Å². The van der Waals surface area contributed by atoms with Gasteiger partial charge in [-0.25, -0.2) is 0 Å². The molecule has 0 saturated carbocycles. The minimum Gasteiger partial charge on any atom is -0.352 e. The van der Waals surface area contributed by atoms with Gasteiger partial charge in [0.25, 0.3) is 5.91 Å². The molecule has 0 aromatic heterocycles. The van der Waals surface area contributed by atoms with E-state index in [1.54, 1.807) is 0 Å². The Morgan fingerprint density at radius 3 is 2.69 bits per heavy atom. The lowest BCUT2D eigenvalue weighted by Crippen LogP contribution is -2.25. The van der Waals surface area contributed by atoms with Crippen LogP contribution in [-0.4, -0.2) is 17.8 Å². The predicted octanol–water partition coefficient (Wildman–Crippen LogP) is 3.59. The van der Waals surface area contributed by atoms with Crippen LogP contribution in [0.4, 0.5) is 0 Å². The van der Waals surface area contributed by atoms with Crippen LogP contribution in [-0.2, 0) is 0 Å². The van der Waals surface area contributed by atoms with E-state index in [1.807, 2.05) is 24.3 Å². The molecule has 1 amide bonds. The van der Waals surface area contributed by atoms with E-state index in [0.717, 1.165) is 33.9 Å². The lowest BCUT2D eigenvalue weighted by Gasteiger charge is -2.06. The van der Waals surface area contributed by atoms with Crippen molar-refractivity contribution >= 4 is 44.4 Å². The number of alkyl halides is 1. The second kappa shape index (κ2) is 8.06. The summed E-state index contributed by atoms with van der Waals surface area (Å²) in [7, 11) is 0. The van der Waals surface area contributed by atoms with Gasteiger partial charge in [0.05, 0.1) is 5.56 Å². The van der Waals surface area contributed by atoms with Crippen LogP contribution in [0.2, 0.25) is 0 Å². The van der Waals surface area contributed by atoms with Crippen LogP contribution in [0.15, 0.2) is 24.3 Å². The molecular formula is C12H15BrINO. The highest BCUT2D eigenvalue weighted by molar-refractivity contribution is 14.1. The first-order valence-electron chi connectivity index (χ1n) is 5.34. The van der Waals surface area contributed by atoms with Crippen molar-refractivity contribution in [3.63, 3.8) is 0 Å². The van der Waals surface area contributed by atoms with Gasteiger partial charge in [-0.05, 0) is 47.6 Å². The number of nitrogens with one attached hydrogen (secondary N) is 1. The van der Waals surface area contributed by atoms with Crippen molar-refractivity contribution in [2.45, 2.75) is 19.3 Å². The van der Waals surface area contributed by atoms with E-state index < -0.39 is 0 Å². The molecule has 0 fully saturated rings. The lowest BCUT2D eigenvalue weighted by atomic mass is 10.2. The predicted molar refractivity (Wildman–Crippen MR) is 79.1 cm³/mol. The molecule has 0 atom stereocenters. The number of amides is 1. The second-order valence-corrected chi connectivity index (χ2v) is 5.44. The number of benzene rings is 1. The Hall–Kier alpha value is -0.100. The minimum atomic E-state index is 0.0313. The van der Waals surface area contributed by atoms with E-state index in [1.165, 1.54) is 6.42 Å². The number of carbonyl (C=O) groups excluding carboxylic acids is 1. The molecule has 0 bridgehead atoms. The molecule has 0 unspecified atom stereocenters. The SMILES string of the molecule is O=C(NCCCCCBr)c1ccccc1I. The van der Waals surface area contributed by atoms with E-state index in [4.69, 9.17) is 0 Å². The van der Waals surface area contributed by atoms with Crippen molar-refractivity contribution in [2.75, 3.05) is 11.9 Å². The van der Waals surface area contributed by atoms with Gasteiger partial charge < -0.3 is 5.32 Å². The summed E-state index contributed by atoms with van der Waals surface area (Å²) in [6.45, 7) is 0.761. The Kier molecular flexibility index (Phi) is 7.03. The molecule has 0 aliphatic carbocycles. The Balaban J connectivity index is 2.33. The maximum Gasteiger partial charge on any atom is 0.252 e. The van der Waals surface area contributed by atoms with Crippen molar-refractivity contribution in [2.24, 2.45) is 0 Å². The Morgan fingerprint density at radius 2 is 2.00 bits per heavy atom. The number of hydrogen-bond donors (Lipinski definition) is 1. The molecule has 1 rings (SSSR count). The molecule has 1 N–H and O–H groups in total. The Morgan fingerprint density at radius 1 is 1.25 bits per heavy atom. The summed E-state index contributed by atoms with van der Waals surface area (Å²) in [5.74, 6) is 0.0313. The van der Waals surface area contributed by atoms with Gasteiger partial charge in [-0.2, -0.15) is 0 Å². The van der Waals surface area contributed by atoms with Gasteiger partial charge >= 0.3 is 0 Å². The fourth-order valence-electron chi connectivity index (χ4n) is 1.34. The Bertz CT molecular complexity index is 344. The molecule has 1 aromatic rings. The van der Waals surface area contributed by atoms with E-state index in [2.05, 4.69) is 43.8 Å². The molecule has 0 aliphatic heterocycles. The second-order valence-electron chi connectivity index (χ2n) is 3.49. The largest absolute Gasteiger partial charge is 0.352 e. The average molecular weight is 396 g/mol. The lowest BCUT2D eigenvalue weighted by molar-refractivity contribution is 0.0952. The fourth-order valence-corrected chi connectivity index (χ4v) is 2.37. The zero-order chi connectivity index (χ0) is 11.8. The van der Waals surface area contributed by atoms with Crippen molar-refractivity contribution < 1.29 is 4.79 Å². The third-order valence-electron chi connectivity index (χ3n) is 2.21. The first kappa shape index (κ1) is 14.0. The summed E-state index contributed by atoms with van der Waals surface area (Å²) in [5.41, 5.74) is 0.767. The normalized spacial score (nSPS) is 10.1. The molecular weight excluding hydrogens is 381 g/mol. The molecule has 0 aliphatic rings. The van der Waals surface area contributed by atoms with Crippen LogP contribution in [0.1, 0.15) is 29.6 Å². The number of unbranched alkanes of at least 4 members (excludes halogenated alkanes) is 2. The summed E-state index contributed by atoms with van der Waals surface area (Å²) in [6.07, 6.45) is 3.36. The minimum absolute atomic E-state index is 0.0313. The summed E-state index contributed by atoms with van der Waals surface area (Å²) < 4.78 is 0.998. The topological polar surface area (TPSA) is 29.1 Å². The molecule has 1 aromatic carbocycles. The Labute approximate surface area is 118 Å². The van der Waals surface area contributed by atoms with E-state index in [-0.39, 0.29) is 5.91 Å². The van der Waals surface area contributed by atoms with Gasteiger partial charge in [0.1, 0.15) is 0 Å². The molecule has 0 spiro atoms. The number of hydrogen-bond acceptors (Lipinski definition) is 1. The van der Waals surface area contributed by atoms with Gasteiger partial charge in [0.2, 0.25) is 0 Å². The van der Waals surface area contributed by atoms with Crippen LogP contribution >= 0.6 is 38.5 Å². The molecule has 0 radical (unpaired) electrons. The van der Waals surface area contributed by atoms with Crippen LogP contribution in [0.25, 0.3) is 0 Å². The molecule has 88 valence electrons. The van der Waals surface area contributed by atoms with E-state index >= 15 is 0 Å². The highest BCUT2D eigenvalue weighted by atomic mass is 127. The summed E-state index contributed by atoms with van der Waals surface area (Å²) in [4.78, 5) is 11.8. The molecule has 0 heterocycles. The third kappa shape index (κ3) is 4.82. The standard InChI is InChI=1S/C12H15BrINO/c13-8-4-1-5-9-15-12(16)10-6-2-3-7-11(10)14/h2-3,6-7H,1,4-5,8-9H2,(H,15,16). The maximum absolute atomic E-state index is 11.8. The highest BCUT2D eigenvalue weighted by Gasteiger charge is 2.07. The van der Waals surface area contributed by atoms with Gasteiger partial charge in [-0.3, -0.25) is 4.79 Å². The zero-order valence-electron chi connectivity index (χ0n) is 9.01. The van der Waals surface area contributed by atoms with Crippen molar-refractivity contribution in [1.82, 2.24) is 5.32 Å². The zero-order valence-corrected chi connectivity index (χ0v) is 12.8. The number of rotatable bonds is 6.